The average Bonchev–Trinajstić information content (AvgIpc) is 2.59. The molecule has 2 aromatic rings. The molecule has 0 atom stereocenters. The minimum Gasteiger partial charge on any atom is -0.492 e. The van der Waals surface area contributed by atoms with Gasteiger partial charge in [-0.2, -0.15) is 0 Å². The molecule has 0 fully saturated rings. The zero-order chi connectivity index (χ0) is 18.4. The molecule has 2 rings (SSSR count). The van der Waals surface area contributed by atoms with Crippen molar-refractivity contribution in [2.24, 2.45) is 0 Å². The van der Waals surface area contributed by atoms with Gasteiger partial charge in [-0.15, -0.1) is 0 Å². The van der Waals surface area contributed by atoms with Gasteiger partial charge < -0.3 is 4.74 Å². The number of benzene rings is 2. The molecular formula is C17H20N2O5S. The average molecular weight is 364 g/mol. The second-order valence-corrected chi connectivity index (χ2v) is 7.40. The van der Waals surface area contributed by atoms with Crippen LogP contribution in [0.25, 0.3) is 0 Å². The Hall–Kier alpha value is -2.45. The summed E-state index contributed by atoms with van der Waals surface area (Å²) in [5.74, 6) is 0.974. The first-order valence-electron chi connectivity index (χ1n) is 7.77. The van der Waals surface area contributed by atoms with Gasteiger partial charge in [0.2, 0.25) is 10.0 Å². The maximum Gasteiger partial charge on any atom is 0.289 e. The summed E-state index contributed by atoms with van der Waals surface area (Å²) in [4.78, 5) is 9.90. The molecule has 0 saturated carbocycles. The van der Waals surface area contributed by atoms with Crippen molar-refractivity contribution in [2.75, 3.05) is 13.2 Å². The van der Waals surface area contributed by atoms with E-state index < -0.39 is 20.6 Å². The van der Waals surface area contributed by atoms with E-state index in [0.29, 0.717) is 5.75 Å². The Labute approximate surface area is 146 Å². The molecule has 0 aromatic heterocycles. The number of sulfonamides is 1. The summed E-state index contributed by atoms with van der Waals surface area (Å²) in [7, 11) is -3.99. The first kappa shape index (κ1) is 18.9. The molecule has 25 heavy (non-hydrogen) atoms. The quantitative estimate of drug-likeness (QED) is 0.441. The zero-order valence-electron chi connectivity index (χ0n) is 14.0. The predicted octanol–water partition coefficient (Wildman–Crippen LogP) is 3.08. The minimum atomic E-state index is -3.99. The van der Waals surface area contributed by atoms with E-state index in [1.165, 1.54) is 18.2 Å². The van der Waals surface area contributed by atoms with Gasteiger partial charge in [-0.05, 0) is 23.6 Å². The number of nitrogens with one attached hydrogen (secondary N) is 1. The maximum atomic E-state index is 12.3. The van der Waals surface area contributed by atoms with Crippen LogP contribution in [0.5, 0.6) is 5.75 Å². The fourth-order valence-corrected chi connectivity index (χ4v) is 3.52. The molecule has 0 heterocycles. The molecule has 0 spiro atoms. The zero-order valence-corrected chi connectivity index (χ0v) is 14.8. The lowest BCUT2D eigenvalue weighted by Gasteiger charge is -2.14. The van der Waals surface area contributed by atoms with E-state index in [1.54, 1.807) is 0 Å². The van der Waals surface area contributed by atoms with Crippen LogP contribution in [0.15, 0.2) is 53.4 Å². The largest absolute Gasteiger partial charge is 0.492 e. The van der Waals surface area contributed by atoms with Crippen LogP contribution >= 0.6 is 0 Å². The van der Waals surface area contributed by atoms with Crippen molar-refractivity contribution >= 4 is 15.7 Å². The van der Waals surface area contributed by atoms with Crippen LogP contribution < -0.4 is 9.46 Å². The van der Waals surface area contributed by atoms with E-state index in [1.807, 2.05) is 38.1 Å². The van der Waals surface area contributed by atoms with E-state index in [4.69, 9.17) is 4.74 Å². The molecule has 8 heteroatoms. The highest BCUT2D eigenvalue weighted by Gasteiger charge is 2.24. The Morgan fingerprint density at radius 1 is 1.12 bits per heavy atom. The highest BCUT2D eigenvalue weighted by molar-refractivity contribution is 7.89. The van der Waals surface area contributed by atoms with E-state index >= 15 is 0 Å². The van der Waals surface area contributed by atoms with Crippen LogP contribution in [0.3, 0.4) is 0 Å². The lowest BCUT2D eigenvalue weighted by Crippen LogP contribution is -2.29. The van der Waals surface area contributed by atoms with Crippen LogP contribution in [0.2, 0.25) is 0 Å². The monoisotopic (exact) mass is 364 g/mol. The molecule has 0 aliphatic heterocycles. The molecule has 0 amide bonds. The SMILES string of the molecule is CC(C)c1ccccc1OCCNS(=O)(=O)c1ccccc1[N+](=O)[O-]. The van der Waals surface area contributed by atoms with Gasteiger partial charge in [-0.25, -0.2) is 13.1 Å². The second-order valence-electron chi connectivity index (χ2n) is 5.66. The van der Waals surface area contributed by atoms with Crippen molar-refractivity contribution in [3.8, 4) is 5.75 Å². The molecule has 0 unspecified atom stereocenters. The summed E-state index contributed by atoms with van der Waals surface area (Å²) < 4.78 is 32.5. The number of nitro groups is 1. The number of rotatable bonds is 8. The standard InChI is InChI=1S/C17H20N2O5S/c1-13(2)14-7-3-5-9-16(14)24-12-11-18-25(22,23)17-10-6-4-8-15(17)19(20)21/h3-10,13,18H,11-12H2,1-2H3. The molecule has 134 valence electrons. The first-order chi connectivity index (χ1) is 11.8. The normalized spacial score (nSPS) is 11.5. The molecule has 0 aliphatic rings. The van der Waals surface area contributed by atoms with Crippen molar-refractivity contribution in [3.63, 3.8) is 0 Å². The van der Waals surface area contributed by atoms with Gasteiger partial charge in [0.1, 0.15) is 12.4 Å². The van der Waals surface area contributed by atoms with Gasteiger partial charge >= 0.3 is 0 Å². The van der Waals surface area contributed by atoms with E-state index in [0.717, 1.165) is 11.6 Å². The van der Waals surface area contributed by atoms with Gasteiger partial charge in [-0.1, -0.05) is 44.2 Å². The summed E-state index contributed by atoms with van der Waals surface area (Å²) in [5, 5.41) is 11.0. The van der Waals surface area contributed by atoms with Crippen molar-refractivity contribution < 1.29 is 18.1 Å². The number of nitro benzene ring substituents is 1. The van der Waals surface area contributed by atoms with Crippen LogP contribution in [-0.4, -0.2) is 26.5 Å². The van der Waals surface area contributed by atoms with Crippen molar-refractivity contribution in [1.29, 1.82) is 0 Å². The van der Waals surface area contributed by atoms with Crippen LogP contribution in [0.1, 0.15) is 25.3 Å². The number of nitrogens with zero attached hydrogens (tertiary/aromatic N) is 1. The van der Waals surface area contributed by atoms with Crippen molar-refractivity contribution in [3.05, 3.63) is 64.2 Å². The third kappa shape index (κ3) is 4.77. The third-order valence-electron chi connectivity index (χ3n) is 3.54. The van der Waals surface area contributed by atoms with Crippen molar-refractivity contribution in [2.45, 2.75) is 24.7 Å². The molecule has 0 radical (unpaired) electrons. The van der Waals surface area contributed by atoms with Crippen LogP contribution in [0, 0.1) is 10.1 Å². The minimum absolute atomic E-state index is 0.000805. The molecule has 1 N–H and O–H groups in total. The Morgan fingerprint density at radius 2 is 1.76 bits per heavy atom. The first-order valence-corrected chi connectivity index (χ1v) is 9.26. The number of ether oxygens (including phenoxy) is 1. The van der Waals surface area contributed by atoms with Crippen molar-refractivity contribution in [1.82, 2.24) is 4.72 Å². The van der Waals surface area contributed by atoms with E-state index in [9.17, 15) is 18.5 Å². The highest BCUT2D eigenvalue weighted by Crippen LogP contribution is 2.26. The summed E-state index contributed by atoms with van der Waals surface area (Å²) in [6.45, 7) is 4.20. The Bertz CT molecular complexity index is 850. The lowest BCUT2D eigenvalue weighted by atomic mass is 10.0. The summed E-state index contributed by atoms with van der Waals surface area (Å²) in [6.07, 6.45) is 0. The Morgan fingerprint density at radius 3 is 2.44 bits per heavy atom. The van der Waals surface area contributed by atoms with E-state index in [-0.39, 0.29) is 24.0 Å². The molecule has 0 aliphatic carbocycles. The molecule has 0 saturated heterocycles. The summed E-state index contributed by atoms with van der Waals surface area (Å²) in [6, 6.07) is 12.8. The molecule has 2 aromatic carbocycles. The molecule has 0 bridgehead atoms. The Balaban J connectivity index is 2.02. The van der Waals surface area contributed by atoms with Crippen LogP contribution in [-0.2, 0) is 10.0 Å². The highest BCUT2D eigenvalue weighted by atomic mass is 32.2. The third-order valence-corrected chi connectivity index (χ3v) is 5.05. The van der Waals surface area contributed by atoms with E-state index in [2.05, 4.69) is 4.72 Å². The lowest BCUT2D eigenvalue weighted by molar-refractivity contribution is -0.387. The topological polar surface area (TPSA) is 98.5 Å². The van der Waals surface area contributed by atoms with Gasteiger partial charge in [0, 0.05) is 12.6 Å². The smallest absolute Gasteiger partial charge is 0.289 e. The maximum absolute atomic E-state index is 12.3. The van der Waals surface area contributed by atoms with Crippen LogP contribution in [0.4, 0.5) is 5.69 Å². The molecular weight excluding hydrogens is 344 g/mol. The fourth-order valence-electron chi connectivity index (χ4n) is 2.34. The second kappa shape index (κ2) is 8.09. The summed E-state index contributed by atoms with van der Waals surface area (Å²) in [5.41, 5.74) is 0.574. The van der Waals surface area contributed by atoms with Gasteiger partial charge in [0.25, 0.3) is 5.69 Å². The molecule has 7 nitrogen and oxygen atoms in total. The van der Waals surface area contributed by atoms with Gasteiger partial charge in [-0.3, -0.25) is 10.1 Å². The predicted molar refractivity (Wildman–Crippen MR) is 94.3 cm³/mol. The Kier molecular flexibility index (Phi) is 6.11. The number of hydrogen-bond acceptors (Lipinski definition) is 5. The number of hydrogen-bond donors (Lipinski definition) is 1. The van der Waals surface area contributed by atoms with Gasteiger partial charge in [0.15, 0.2) is 4.90 Å². The van der Waals surface area contributed by atoms with Gasteiger partial charge in [0.05, 0.1) is 4.92 Å². The number of para-hydroxylation sites is 2. The summed E-state index contributed by atoms with van der Waals surface area (Å²) >= 11 is 0. The fraction of sp³-hybridized carbons (Fsp3) is 0.294.